The fourth-order valence-electron chi connectivity index (χ4n) is 0.515. The number of nitrogens with two attached hydrogens (primary N) is 1. The van der Waals surface area contributed by atoms with Crippen molar-refractivity contribution in [3.8, 4) is 0 Å². The van der Waals surface area contributed by atoms with E-state index < -0.39 is 0 Å². The average Bonchev–Trinajstić information content (AvgIpc) is 1.89. The lowest BCUT2D eigenvalue weighted by Crippen LogP contribution is -2.33. The lowest BCUT2D eigenvalue weighted by molar-refractivity contribution is 0.563. The zero-order valence-electron chi connectivity index (χ0n) is 6.06. The van der Waals surface area contributed by atoms with Crippen LogP contribution in [0.25, 0.3) is 0 Å². The fourth-order valence-corrected chi connectivity index (χ4v) is 0.515. The van der Waals surface area contributed by atoms with Crippen molar-refractivity contribution < 1.29 is 0 Å². The summed E-state index contributed by atoms with van der Waals surface area (Å²) in [6, 6.07) is 0.435. The van der Waals surface area contributed by atoms with Gasteiger partial charge in [0.05, 0.1) is 0 Å². The summed E-state index contributed by atoms with van der Waals surface area (Å²) in [6.07, 6.45) is 2.92. The van der Waals surface area contributed by atoms with Crippen molar-refractivity contribution in [2.75, 3.05) is 13.1 Å². The van der Waals surface area contributed by atoms with Crippen molar-refractivity contribution in [2.24, 2.45) is 5.73 Å². The Balaban J connectivity index is 2.96. The summed E-state index contributed by atoms with van der Waals surface area (Å²) in [7, 11) is 0. The van der Waals surface area contributed by atoms with Crippen LogP contribution in [0.15, 0.2) is 12.7 Å². The highest BCUT2D eigenvalue weighted by atomic mass is 14.9. The van der Waals surface area contributed by atoms with Crippen LogP contribution in [-0.4, -0.2) is 19.1 Å². The number of hydrogen-bond acceptors (Lipinski definition) is 2. The smallest absolute Gasteiger partial charge is 0.0162 e. The van der Waals surface area contributed by atoms with E-state index in [9.17, 15) is 0 Å². The van der Waals surface area contributed by atoms with Gasteiger partial charge in [-0.3, -0.25) is 0 Å². The summed E-state index contributed by atoms with van der Waals surface area (Å²) < 4.78 is 0. The van der Waals surface area contributed by atoms with Crippen molar-refractivity contribution in [1.29, 1.82) is 0 Å². The van der Waals surface area contributed by atoms with Crippen LogP contribution in [-0.2, 0) is 0 Å². The second-order valence-electron chi connectivity index (χ2n) is 2.17. The van der Waals surface area contributed by atoms with Crippen LogP contribution in [0.1, 0.15) is 13.3 Å². The first-order valence-corrected chi connectivity index (χ1v) is 3.35. The van der Waals surface area contributed by atoms with Gasteiger partial charge in [-0.25, -0.2) is 0 Å². The van der Waals surface area contributed by atoms with Crippen LogP contribution >= 0.6 is 0 Å². The molecule has 2 nitrogen and oxygen atoms in total. The standard InChI is InChI=1S/C7H16N2/c1-3-4-5-9-7(2)6-8/h3,7,9H,1,4-6,8H2,2H3. The van der Waals surface area contributed by atoms with Gasteiger partial charge in [0.25, 0.3) is 0 Å². The van der Waals surface area contributed by atoms with Gasteiger partial charge in [0.1, 0.15) is 0 Å². The van der Waals surface area contributed by atoms with Gasteiger partial charge in [-0.2, -0.15) is 0 Å². The van der Waals surface area contributed by atoms with Crippen molar-refractivity contribution in [1.82, 2.24) is 5.32 Å². The van der Waals surface area contributed by atoms with Gasteiger partial charge in [0.2, 0.25) is 0 Å². The molecule has 0 amide bonds. The van der Waals surface area contributed by atoms with Crippen molar-refractivity contribution in [3.63, 3.8) is 0 Å². The molecule has 0 aromatic carbocycles. The van der Waals surface area contributed by atoms with E-state index in [1.54, 1.807) is 0 Å². The van der Waals surface area contributed by atoms with Crippen LogP contribution in [0.4, 0.5) is 0 Å². The number of hydrogen-bond donors (Lipinski definition) is 2. The largest absolute Gasteiger partial charge is 0.329 e. The van der Waals surface area contributed by atoms with Crippen molar-refractivity contribution >= 4 is 0 Å². The van der Waals surface area contributed by atoms with E-state index in [4.69, 9.17) is 5.73 Å². The van der Waals surface area contributed by atoms with Crippen LogP contribution in [0.5, 0.6) is 0 Å². The summed E-state index contributed by atoms with van der Waals surface area (Å²) in [5, 5.41) is 3.24. The number of rotatable bonds is 5. The monoisotopic (exact) mass is 128 g/mol. The molecule has 0 fully saturated rings. The molecule has 3 N–H and O–H groups in total. The first-order valence-electron chi connectivity index (χ1n) is 3.35. The molecule has 0 saturated heterocycles. The van der Waals surface area contributed by atoms with Gasteiger partial charge in [-0.15, -0.1) is 6.58 Å². The molecule has 0 aliphatic rings. The maximum absolute atomic E-state index is 5.37. The van der Waals surface area contributed by atoms with Crippen LogP contribution in [0.2, 0.25) is 0 Å². The lowest BCUT2D eigenvalue weighted by atomic mass is 10.3. The molecule has 9 heavy (non-hydrogen) atoms. The second kappa shape index (κ2) is 5.79. The van der Waals surface area contributed by atoms with Crippen molar-refractivity contribution in [3.05, 3.63) is 12.7 Å². The molecule has 0 aromatic rings. The summed E-state index contributed by atoms with van der Waals surface area (Å²) in [6.45, 7) is 7.38. The highest BCUT2D eigenvalue weighted by molar-refractivity contribution is 4.69. The minimum atomic E-state index is 0.435. The zero-order chi connectivity index (χ0) is 7.11. The summed E-state index contributed by atoms with van der Waals surface area (Å²) >= 11 is 0. The van der Waals surface area contributed by atoms with Gasteiger partial charge >= 0.3 is 0 Å². The molecular weight excluding hydrogens is 112 g/mol. The molecule has 0 aliphatic heterocycles. The van der Waals surface area contributed by atoms with Gasteiger partial charge in [-0.1, -0.05) is 6.08 Å². The SMILES string of the molecule is C=CCCNC(C)CN. The third kappa shape index (κ3) is 5.53. The Morgan fingerprint density at radius 3 is 2.89 bits per heavy atom. The summed E-state index contributed by atoms with van der Waals surface area (Å²) in [5.74, 6) is 0. The summed E-state index contributed by atoms with van der Waals surface area (Å²) in [4.78, 5) is 0. The quantitative estimate of drug-likeness (QED) is 0.418. The third-order valence-corrected chi connectivity index (χ3v) is 1.19. The van der Waals surface area contributed by atoms with Gasteiger partial charge in [0, 0.05) is 12.6 Å². The van der Waals surface area contributed by atoms with Crippen LogP contribution in [0, 0.1) is 0 Å². The molecule has 1 atom stereocenters. The van der Waals surface area contributed by atoms with E-state index in [0.717, 1.165) is 13.0 Å². The predicted molar refractivity (Wildman–Crippen MR) is 41.3 cm³/mol. The van der Waals surface area contributed by atoms with Crippen molar-refractivity contribution in [2.45, 2.75) is 19.4 Å². The first-order chi connectivity index (χ1) is 4.31. The minimum absolute atomic E-state index is 0.435. The van der Waals surface area contributed by atoms with Gasteiger partial charge < -0.3 is 11.1 Å². The normalized spacial score (nSPS) is 13.1. The minimum Gasteiger partial charge on any atom is -0.329 e. The van der Waals surface area contributed by atoms with E-state index in [-0.39, 0.29) is 0 Å². The summed E-state index contributed by atoms with van der Waals surface area (Å²) in [5.41, 5.74) is 5.37. The maximum atomic E-state index is 5.37. The molecule has 0 heterocycles. The molecule has 0 bridgehead atoms. The van der Waals surface area contributed by atoms with Crippen LogP contribution in [0.3, 0.4) is 0 Å². The molecule has 2 heteroatoms. The molecule has 0 aliphatic carbocycles. The Morgan fingerprint density at radius 2 is 2.44 bits per heavy atom. The molecule has 0 saturated carbocycles. The Hall–Kier alpha value is -0.340. The number of nitrogens with one attached hydrogen (secondary N) is 1. The van der Waals surface area contributed by atoms with Gasteiger partial charge in [-0.05, 0) is 19.9 Å². The highest BCUT2D eigenvalue weighted by Gasteiger charge is 1.92. The first kappa shape index (κ1) is 8.66. The molecule has 0 aromatic heterocycles. The molecule has 1 unspecified atom stereocenters. The Morgan fingerprint density at radius 1 is 1.78 bits per heavy atom. The van der Waals surface area contributed by atoms with Crippen LogP contribution < -0.4 is 11.1 Å². The Kier molecular flexibility index (Phi) is 5.57. The maximum Gasteiger partial charge on any atom is 0.0162 e. The topological polar surface area (TPSA) is 38.0 Å². The molecule has 0 rings (SSSR count). The third-order valence-electron chi connectivity index (χ3n) is 1.19. The fraction of sp³-hybridized carbons (Fsp3) is 0.714. The molecule has 0 radical (unpaired) electrons. The Bertz CT molecular complexity index is 71.3. The highest BCUT2D eigenvalue weighted by Crippen LogP contribution is 1.79. The predicted octanol–water partition coefficient (Wildman–Crippen LogP) is 0.499. The molecule has 54 valence electrons. The average molecular weight is 128 g/mol. The van der Waals surface area contributed by atoms with E-state index in [1.165, 1.54) is 0 Å². The molecular formula is C7H16N2. The van der Waals surface area contributed by atoms with E-state index in [2.05, 4.69) is 18.8 Å². The van der Waals surface area contributed by atoms with E-state index in [1.807, 2.05) is 6.08 Å². The second-order valence-corrected chi connectivity index (χ2v) is 2.17. The zero-order valence-corrected chi connectivity index (χ0v) is 6.06. The Labute approximate surface area is 57.1 Å². The van der Waals surface area contributed by atoms with E-state index >= 15 is 0 Å². The molecule has 0 spiro atoms. The lowest BCUT2D eigenvalue weighted by Gasteiger charge is -2.08. The van der Waals surface area contributed by atoms with E-state index in [0.29, 0.717) is 12.6 Å². The van der Waals surface area contributed by atoms with Gasteiger partial charge in [0.15, 0.2) is 0 Å².